The van der Waals surface area contributed by atoms with Crippen molar-refractivity contribution >= 4 is 0 Å². The molecule has 21 heterocycles. The van der Waals surface area contributed by atoms with Gasteiger partial charge in [0.05, 0.1) is 92.5 Å². The first-order chi connectivity index (χ1) is 61.5. The molecule has 0 spiro atoms. The summed E-state index contributed by atoms with van der Waals surface area (Å²) in [7, 11) is 0. The number of benzene rings is 7. The van der Waals surface area contributed by atoms with Crippen molar-refractivity contribution in [3.8, 4) is 0 Å². The summed E-state index contributed by atoms with van der Waals surface area (Å²) in [6.07, 6.45) is -62.1. The molecule has 0 aromatic heterocycles. The predicted octanol–water partition coefficient (Wildman–Crippen LogP) is 0.341. The first-order valence-corrected chi connectivity index (χ1v) is 42.3. The first-order valence-electron chi connectivity index (χ1n) is 42.3. The average Bonchev–Trinajstić information content (AvgIpc) is 0.777. The van der Waals surface area contributed by atoms with Crippen LogP contribution in [0.3, 0.4) is 0 Å². The third kappa shape index (κ3) is 22.3. The molecule has 21 fully saturated rings. The molecule has 0 saturated carbocycles. The van der Waals surface area contributed by atoms with Crippen molar-refractivity contribution in [2.24, 2.45) is 0 Å². The molecule has 126 heavy (non-hydrogen) atoms. The molecule has 14 bridgehead atoms. The van der Waals surface area contributed by atoms with Gasteiger partial charge in [-0.05, 0) is 38.9 Å². The lowest BCUT2D eigenvalue weighted by Crippen LogP contribution is -2.69. The van der Waals surface area contributed by atoms with Crippen molar-refractivity contribution in [3.63, 3.8) is 0 Å². The molecule has 0 radical (unpaired) electrons. The molecule has 686 valence electrons. The highest BCUT2D eigenvalue weighted by Crippen LogP contribution is 2.43. The molecular formula is C91H112O35. The predicted molar refractivity (Wildman–Crippen MR) is 432 cm³/mol. The highest BCUT2D eigenvalue weighted by atomic mass is 16.8. The van der Waals surface area contributed by atoms with Gasteiger partial charge in [-0.25, -0.2) is 0 Å². The molecule has 35 heteroatoms. The Morgan fingerprint density at radius 2 is 0.278 bits per heavy atom. The van der Waals surface area contributed by atoms with Gasteiger partial charge in [0, 0.05) is 0 Å². The zero-order valence-corrected chi connectivity index (χ0v) is 68.6. The second-order valence-corrected chi connectivity index (χ2v) is 32.0. The fourth-order valence-electron chi connectivity index (χ4n) is 16.9. The van der Waals surface area contributed by atoms with Gasteiger partial charge < -0.3 is 171 Å². The average molecular weight is 1770 g/mol. The Balaban J connectivity index is 0.831. The normalized spacial score (nSPS) is 38.2. The van der Waals surface area contributed by atoms with Gasteiger partial charge >= 0.3 is 0 Å². The van der Waals surface area contributed by atoms with Gasteiger partial charge in [0.2, 0.25) is 0 Å². The maximum atomic E-state index is 13.1. The Bertz CT molecular complexity index is 3530. The molecule has 21 aliphatic rings. The van der Waals surface area contributed by atoms with Gasteiger partial charge in [0.1, 0.15) is 171 Å². The number of aliphatic hydroxyl groups excluding tert-OH is 14. The summed E-state index contributed by atoms with van der Waals surface area (Å²) in [6.45, 7) is -8.40. The molecule has 21 aliphatic heterocycles. The minimum absolute atomic E-state index is 0.249. The Kier molecular flexibility index (Phi) is 33.7. The second kappa shape index (κ2) is 45.3. The maximum Gasteiger partial charge on any atom is 0.187 e. The van der Waals surface area contributed by atoms with Crippen LogP contribution in [0.1, 0.15) is 38.9 Å². The van der Waals surface area contributed by atoms with Crippen LogP contribution < -0.4 is 0 Å². The lowest BCUT2D eigenvalue weighted by atomic mass is 9.94. The molecular weight excluding hydrogens is 1650 g/mol. The fraction of sp³-hybridized carbons (Fsp3) is 0.538. The standard InChI is InChI=1S/C91H112O35/c92-36-57-71-64(99)78(106-43-50-22-8-1-9-23-50)85(113-57)120-72-58(37-93)114-87(79(65(72)100)107-44-51-24-10-2-11-25-51)122-74-60(39-95)116-89(81(67(74)102)109-46-53-28-14-4-15-29-53)124-76-62(41-97)118-91(83(69(76)104)111-48-55-32-18-6-19-33-55)126-77-63(42-98)119-90(84(70(77)105)112-49-56-34-20-7-21-35-56)125-75-61(40-96)117-88(82(68(75)103)110-47-54-30-16-5-17-31-54)123-73-59(38-94)115-86(121-71)80(66(73)101)108-45-52-26-12-3-13-27-52/h1-35,57-105H,36-49H2/t57-,58-,59-,60-,61+,62+,63+,64-,65-,66-,67-,68-,69+,70-,71+,72+,73+,74+,75+,76+,77+,78+,79+,80+,81+,82+,83-,84+,85+,86+,87+,88+,89+,90+,91+/m0/s1. The van der Waals surface area contributed by atoms with E-state index in [2.05, 4.69) is 0 Å². The Morgan fingerprint density at radius 3 is 0.381 bits per heavy atom. The molecule has 0 aliphatic carbocycles. The van der Waals surface area contributed by atoms with E-state index in [9.17, 15) is 71.5 Å². The van der Waals surface area contributed by atoms with Crippen LogP contribution >= 0.6 is 0 Å². The monoisotopic (exact) mass is 1760 g/mol. The molecule has 0 amide bonds. The Hall–Kier alpha value is -6.86. The van der Waals surface area contributed by atoms with E-state index in [1.165, 1.54) is 0 Å². The van der Waals surface area contributed by atoms with Gasteiger partial charge in [-0.2, -0.15) is 0 Å². The zero-order chi connectivity index (χ0) is 87.7. The first kappa shape index (κ1) is 93.8. The summed E-state index contributed by atoms with van der Waals surface area (Å²) >= 11 is 0. The molecule has 0 unspecified atom stereocenters. The molecule has 35 nitrogen and oxygen atoms in total. The fourth-order valence-corrected chi connectivity index (χ4v) is 16.9. The number of aliphatic hydroxyl groups is 14. The second-order valence-electron chi connectivity index (χ2n) is 32.0. The lowest BCUT2D eigenvalue weighted by molar-refractivity contribution is -0.403. The summed E-state index contributed by atoms with van der Waals surface area (Å²) in [6, 6.07) is 61.2. The summed E-state index contributed by atoms with van der Waals surface area (Å²) < 4.78 is 139. The van der Waals surface area contributed by atoms with Crippen LogP contribution in [0.15, 0.2) is 212 Å². The quantitative estimate of drug-likeness (QED) is 0.0314. The molecule has 7 aromatic rings. The largest absolute Gasteiger partial charge is 0.394 e. The third-order valence-electron chi connectivity index (χ3n) is 23.6. The van der Waals surface area contributed by atoms with Crippen LogP contribution in [0, 0.1) is 0 Å². The van der Waals surface area contributed by atoms with Crippen molar-refractivity contribution in [1.82, 2.24) is 0 Å². The molecule has 21 saturated heterocycles. The minimum atomic E-state index is -1.95. The van der Waals surface area contributed by atoms with Gasteiger partial charge in [-0.3, -0.25) is 0 Å². The van der Waals surface area contributed by atoms with E-state index in [0.29, 0.717) is 38.9 Å². The van der Waals surface area contributed by atoms with Crippen molar-refractivity contribution in [2.75, 3.05) is 46.2 Å². The summed E-state index contributed by atoms with van der Waals surface area (Å²) in [5, 5.41) is 173. The minimum Gasteiger partial charge on any atom is -0.394 e. The van der Waals surface area contributed by atoms with Crippen LogP contribution in [0.2, 0.25) is 0 Å². The van der Waals surface area contributed by atoms with E-state index < -0.39 is 261 Å². The van der Waals surface area contributed by atoms with E-state index in [0.717, 1.165) is 0 Å². The zero-order valence-electron chi connectivity index (χ0n) is 68.6. The van der Waals surface area contributed by atoms with E-state index in [1.54, 1.807) is 212 Å². The maximum absolute atomic E-state index is 13.1. The Morgan fingerprint density at radius 1 is 0.167 bits per heavy atom. The molecule has 14 N–H and O–H groups in total. The highest BCUT2D eigenvalue weighted by Gasteiger charge is 2.62. The number of hydrogen-bond donors (Lipinski definition) is 14. The smallest absolute Gasteiger partial charge is 0.187 e. The molecule has 35 atom stereocenters. The van der Waals surface area contributed by atoms with Crippen LogP contribution in [0.25, 0.3) is 0 Å². The summed E-state index contributed by atoms with van der Waals surface area (Å²) in [5.74, 6) is 0. The lowest BCUT2D eigenvalue weighted by Gasteiger charge is -2.51. The van der Waals surface area contributed by atoms with Crippen molar-refractivity contribution in [2.45, 2.75) is 261 Å². The van der Waals surface area contributed by atoms with Crippen LogP contribution in [0.4, 0.5) is 0 Å². The topological polar surface area (TPSA) is 477 Å². The van der Waals surface area contributed by atoms with E-state index in [-0.39, 0.29) is 46.2 Å². The van der Waals surface area contributed by atoms with Gasteiger partial charge in [-0.1, -0.05) is 212 Å². The van der Waals surface area contributed by atoms with Crippen molar-refractivity contribution in [1.29, 1.82) is 0 Å². The van der Waals surface area contributed by atoms with Gasteiger partial charge in [0.25, 0.3) is 0 Å². The van der Waals surface area contributed by atoms with Crippen molar-refractivity contribution < 1.29 is 171 Å². The number of ether oxygens (including phenoxy) is 21. The van der Waals surface area contributed by atoms with Gasteiger partial charge in [0.15, 0.2) is 44.0 Å². The Labute approximate surface area is 726 Å². The van der Waals surface area contributed by atoms with Gasteiger partial charge in [-0.15, -0.1) is 0 Å². The van der Waals surface area contributed by atoms with E-state index >= 15 is 0 Å². The summed E-state index contributed by atoms with van der Waals surface area (Å²) in [4.78, 5) is 0. The third-order valence-corrected chi connectivity index (χ3v) is 23.6. The van der Waals surface area contributed by atoms with E-state index in [1.807, 2.05) is 0 Å². The van der Waals surface area contributed by atoms with Crippen LogP contribution in [-0.2, 0) is 146 Å². The van der Waals surface area contributed by atoms with E-state index in [4.69, 9.17) is 99.5 Å². The van der Waals surface area contributed by atoms with Crippen LogP contribution in [-0.4, -0.2) is 333 Å². The number of rotatable bonds is 28. The highest BCUT2D eigenvalue weighted by molar-refractivity contribution is 5.20. The SMILES string of the molecule is OC[C@@H]1O[C@@H]2O[C@H]3[C@H](O)[C@@H](OCc4ccccc4)[C@@H](O[C@H]4[C@@H](O)[C@H](OCc5ccccc5)[C@@H](O[C@H]5[C@H](O)[C@@H](OCc6ccccc6)[C@@H](O[C@H]6[C@H](O)[C@@H](OCc7ccccc7)[C@@H](O[C@H]7[C@H](O)[C@@H](OCc8ccccc8)[C@@H](O[C@H]8[C@H](O)[C@@H](OCc9ccccc9)[C@@H](O[C@H]1[C@H](O)[C@H]2OCc1ccccc1)O[C@H]8CO)O[C@H]7CO)O[C@@H]6CO)O[C@@H]5CO)O[C@@H]4CO)O[C@H]3CO. The summed E-state index contributed by atoms with van der Waals surface area (Å²) in [5.41, 5.74) is 4.09. The molecule has 7 aromatic carbocycles. The van der Waals surface area contributed by atoms with Crippen molar-refractivity contribution in [3.05, 3.63) is 251 Å². The van der Waals surface area contributed by atoms with Crippen LogP contribution in [0.5, 0.6) is 0 Å². The number of hydrogen-bond acceptors (Lipinski definition) is 35. The molecule has 28 rings (SSSR count).